The number of piperidine rings is 1. The Morgan fingerprint density at radius 3 is 2.53 bits per heavy atom. The van der Waals surface area contributed by atoms with E-state index in [1.807, 2.05) is 13.8 Å². The molecule has 1 heterocycles. The lowest BCUT2D eigenvalue weighted by Crippen LogP contribution is -2.55. The first-order chi connectivity index (χ1) is 7.99. The van der Waals surface area contributed by atoms with Crippen LogP contribution >= 0.6 is 0 Å². The lowest BCUT2D eigenvalue weighted by atomic mass is 9.98. The second-order valence-electron chi connectivity index (χ2n) is 4.84. The Morgan fingerprint density at radius 1 is 1.35 bits per heavy atom. The zero-order valence-corrected chi connectivity index (χ0v) is 10.8. The molecule has 1 fully saturated rings. The van der Waals surface area contributed by atoms with Gasteiger partial charge in [0.2, 0.25) is 5.91 Å². The second kappa shape index (κ2) is 6.00. The predicted octanol–water partition coefficient (Wildman–Crippen LogP) is 0.524. The van der Waals surface area contributed by atoms with Crippen molar-refractivity contribution in [3.05, 3.63) is 0 Å². The van der Waals surface area contributed by atoms with Crippen LogP contribution in [0.15, 0.2) is 0 Å². The van der Waals surface area contributed by atoms with Crippen molar-refractivity contribution < 1.29 is 14.3 Å². The Labute approximate surface area is 102 Å². The number of esters is 1. The number of nitrogens with two attached hydrogens (primary N) is 1. The van der Waals surface area contributed by atoms with Crippen LogP contribution in [-0.2, 0) is 14.3 Å². The summed E-state index contributed by atoms with van der Waals surface area (Å²) in [4.78, 5) is 25.4. The van der Waals surface area contributed by atoms with E-state index < -0.39 is 12.1 Å². The number of nitrogens with zero attached hydrogens (tertiary/aromatic N) is 1. The van der Waals surface area contributed by atoms with Crippen molar-refractivity contribution in [1.82, 2.24) is 4.90 Å². The smallest absolute Gasteiger partial charge is 0.328 e. The summed E-state index contributed by atoms with van der Waals surface area (Å²) < 4.78 is 4.74. The van der Waals surface area contributed by atoms with E-state index in [4.69, 9.17) is 10.5 Å². The zero-order chi connectivity index (χ0) is 13.0. The number of rotatable bonds is 3. The fraction of sp³-hybridized carbons (Fsp3) is 0.833. The minimum atomic E-state index is -0.541. The molecule has 0 aliphatic carbocycles. The van der Waals surface area contributed by atoms with Gasteiger partial charge < -0.3 is 15.4 Å². The number of carbonyl (C=O) groups is 2. The van der Waals surface area contributed by atoms with Crippen LogP contribution in [0.3, 0.4) is 0 Å². The van der Waals surface area contributed by atoms with Crippen LogP contribution in [-0.4, -0.2) is 42.5 Å². The molecule has 0 saturated carbocycles. The van der Waals surface area contributed by atoms with Gasteiger partial charge in [-0.2, -0.15) is 0 Å². The van der Waals surface area contributed by atoms with Gasteiger partial charge >= 0.3 is 5.97 Å². The van der Waals surface area contributed by atoms with Crippen LogP contribution in [0.5, 0.6) is 0 Å². The van der Waals surface area contributed by atoms with E-state index >= 15 is 0 Å². The lowest BCUT2D eigenvalue weighted by Gasteiger charge is -2.36. The van der Waals surface area contributed by atoms with E-state index in [0.717, 1.165) is 12.8 Å². The largest absolute Gasteiger partial charge is 0.467 e. The van der Waals surface area contributed by atoms with Gasteiger partial charge in [0.1, 0.15) is 6.04 Å². The number of amides is 1. The summed E-state index contributed by atoms with van der Waals surface area (Å²) in [7, 11) is 1.35. The first-order valence-electron chi connectivity index (χ1n) is 6.13. The molecule has 0 spiro atoms. The van der Waals surface area contributed by atoms with Crippen molar-refractivity contribution in [2.45, 2.75) is 45.2 Å². The first kappa shape index (κ1) is 14.0. The molecule has 1 amide bonds. The molecule has 0 unspecified atom stereocenters. The maximum absolute atomic E-state index is 12.2. The number of carbonyl (C=O) groups excluding carboxylic acids is 2. The number of likely N-dealkylation sites (tertiary alicyclic amines) is 1. The van der Waals surface area contributed by atoms with Crippen molar-refractivity contribution in [3.63, 3.8) is 0 Å². The van der Waals surface area contributed by atoms with Gasteiger partial charge in [-0.05, 0) is 25.2 Å². The van der Waals surface area contributed by atoms with Crippen molar-refractivity contribution in [2.75, 3.05) is 13.7 Å². The molecule has 1 aliphatic heterocycles. The van der Waals surface area contributed by atoms with E-state index in [1.54, 1.807) is 4.90 Å². The third-order valence-corrected chi connectivity index (χ3v) is 3.26. The Bertz CT molecular complexity index is 291. The van der Waals surface area contributed by atoms with Gasteiger partial charge in [0.15, 0.2) is 0 Å². The summed E-state index contributed by atoms with van der Waals surface area (Å²) in [6, 6.07) is -0.994. The van der Waals surface area contributed by atoms with Crippen LogP contribution in [0.25, 0.3) is 0 Å². The molecule has 5 heteroatoms. The van der Waals surface area contributed by atoms with Gasteiger partial charge in [-0.25, -0.2) is 4.79 Å². The second-order valence-corrected chi connectivity index (χ2v) is 4.84. The minimum Gasteiger partial charge on any atom is -0.467 e. The van der Waals surface area contributed by atoms with E-state index in [-0.39, 0.29) is 17.8 Å². The van der Waals surface area contributed by atoms with Gasteiger partial charge in [-0.3, -0.25) is 4.79 Å². The normalized spacial score (nSPS) is 22.4. The molecule has 98 valence electrons. The van der Waals surface area contributed by atoms with Crippen molar-refractivity contribution in [1.29, 1.82) is 0 Å². The first-order valence-corrected chi connectivity index (χ1v) is 6.13. The number of hydrogen-bond acceptors (Lipinski definition) is 4. The van der Waals surface area contributed by atoms with E-state index in [1.165, 1.54) is 7.11 Å². The fourth-order valence-corrected chi connectivity index (χ4v) is 2.05. The van der Waals surface area contributed by atoms with Crippen LogP contribution in [0.1, 0.15) is 33.1 Å². The Hall–Kier alpha value is -1.10. The van der Waals surface area contributed by atoms with E-state index in [2.05, 4.69) is 0 Å². The molecule has 1 saturated heterocycles. The average molecular weight is 242 g/mol. The van der Waals surface area contributed by atoms with Crippen LogP contribution in [0, 0.1) is 5.92 Å². The summed E-state index contributed by atoms with van der Waals surface area (Å²) in [6.45, 7) is 4.40. The van der Waals surface area contributed by atoms with E-state index in [9.17, 15) is 9.59 Å². The highest BCUT2D eigenvalue weighted by Gasteiger charge is 2.35. The quantitative estimate of drug-likeness (QED) is 0.732. The molecule has 0 radical (unpaired) electrons. The fourth-order valence-electron chi connectivity index (χ4n) is 2.05. The molecular formula is C12H22N2O3. The average Bonchev–Trinajstić information content (AvgIpc) is 2.35. The maximum atomic E-state index is 12.2. The summed E-state index contributed by atoms with van der Waals surface area (Å²) in [6.07, 6.45) is 2.54. The zero-order valence-electron chi connectivity index (χ0n) is 10.8. The summed E-state index contributed by atoms with van der Waals surface area (Å²) >= 11 is 0. The van der Waals surface area contributed by atoms with Crippen molar-refractivity contribution >= 4 is 11.9 Å². The minimum absolute atomic E-state index is 0.0720. The Morgan fingerprint density at radius 2 is 2.00 bits per heavy atom. The third-order valence-electron chi connectivity index (χ3n) is 3.26. The standard InChI is InChI=1S/C12H22N2O3/c1-8(2)10(13)11(15)14-7-5-4-6-9(14)12(16)17-3/h8-10H,4-7,13H2,1-3H3/t9-,10-/m0/s1. The predicted molar refractivity (Wildman–Crippen MR) is 64.2 cm³/mol. The van der Waals surface area contributed by atoms with Crippen molar-refractivity contribution in [2.24, 2.45) is 11.7 Å². The van der Waals surface area contributed by atoms with Crippen LogP contribution < -0.4 is 5.73 Å². The van der Waals surface area contributed by atoms with Gasteiger partial charge in [0, 0.05) is 6.54 Å². The van der Waals surface area contributed by atoms with Crippen LogP contribution in [0.4, 0.5) is 0 Å². The molecular weight excluding hydrogens is 220 g/mol. The molecule has 1 rings (SSSR count). The SMILES string of the molecule is COC(=O)[C@@H]1CCCCN1C(=O)[C@@H](N)C(C)C. The topological polar surface area (TPSA) is 72.6 Å². The highest BCUT2D eigenvalue weighted by atomic mass is 16.5. The lowest BCUT2D eigenvalue weighted by molar-refractivity contribution is -0.155. The number of hydrogen-bond donors (Lipinski definition) is 1. The van der Waals surface area contributed by atoms with Crippen molar-refractivity contribution in [3.8, 4) is 0 Å². The Kier molecular flexibility index (Phi) is 4.93. The van der Waals surface area contributed by atoms with Crippen LogP contribution in [0.2, 0.25) is 0 Å². The molecule has 0 bridgehead atoms. The van der Waals surface area contributed by atoms with Gasteiger partial charge in [0.05, 0.1) is 13.2 Å². The van der Waals surface area contributed by atoms with Gasteiger partial charge in [0.25, 0.3) is 0 Å². The maximum Gasteiger partial charge on any atom is 0.328 e. The summed E-state index contributed by atoms with van der Waals surface area (Å²) in [5.74, 6) is -0.410. The number of methoxy groups -OCH3 is 1. The number of ether oxygens (including phenoxy) is 1. The molecule has 2 N–H and O–H groups in total. The van der Waals surface area contributed by atoms with Gasteiger partial charge in [-0.1, -0.05) is 13.8 Å². The Balaban J connectivity index is 2.77. The summed E-state index contributed by atoms with van der Waals surface area (Å²) in [5, 5.41) is 0. The third kappa shape index (κ3) is 3.19. The molecule has 1 aliphatic rings. The highest BCUT2D eigenvalue weighted by molar-refractivity contribution is 5.87. The molecule has 0 aromatic heterocycles. The molecule has 2 atom stereocenters. The molecule has 0 aromatic rings. The molecule has 17 heavy (non-hydrogen) atoms. The monoisotopic (exact) mass is 242 g/mol. The van der Waals surface area contributed by atoms with E-state index in [0.29, 0.717) is 13.0 Å². The van der Waals surface area contributed by atoms with Gasteiger partial charge in [-0.15, -0.1) is 0 Å². The summed E-state index contributed by atoms with van der Waals surface area (Å²) in [5.41, 5.74) is 5.85. The highest BCUT2D eigenvalue weighted by Crippen LogP contribution is 2.20. The molecule has 5 nitrogen and oxygen atoms in total. The molecule has 0 aromatic carbocycles.